The van der Waals surface area contributed by atoms with Crippen LogP contribution in [0, 0.1) is 0 Å². The number of aliphatic hydroxyl groups excluding tert-OH is 3. The predicted molar refractivity (Wildman–Crippen MR) is 44.2 cm³/mol. The average molecular weight is 192 g/mol. The maximum atomic E-state index is 9.44. The number of aliphatic hydroxyl groups is 3. The molecule has 1 fully saturated rings. The molecule has 1 heterocycles. The molecule has 0 radical (unpaired) electrons. The Morgan fingerprint density at radius 3 is 2.31 bits per heavy atom. The summed E-state index contributed by atoms with van der Waals surface area (Å²) in [7, 11) is 1.48. The molecule has 0 aliphatic carbocycles. The van der Waals surface area contributed by atoms with E-state index in [2.05, 4.69) is 0 Å². The van der Waals surface area contributed by atoms with Crippen LogP contribution < -0.4 is 0 Å². The first kappa shape index (κ1) is 10.9. The minimum Gasteiger partial charge on any atom is -0.388 e. The second-order valence-electron chi connectivity index (χ2n) is 3.31. The van der Waals surface area contributed by atoms with E-state index in [1.165, 1.54) is 7.11 Å². The number of rotatable bonds is 2. The number of hydrogen-bond acceptors (Lipinski definition) is 5. The Balaban J connectivity index is 2.59. The molecule has 0 aromatic carbocycles. The summed E-state index contributed by atoms with van der Waals surface area (Å²) in [6, 6.07) is 0. The van der Waals surface area contributed by atoms with Gasteiger partial charge < -0.3 is 24.8 Å². The summed E-state index contributed by atoms with van der Waals surface area (Å²) < 4.78 is 10.0. The Morgan fingerprint density at radius 2 is 1.77 bits per heavy atom. The van der Waals surface area contributed by atoms with Gasteiger partial charge in [-0.1, -0.05) is 0 Å². The van der Waals surface area contributed by atoms with E-state index in [4.69, 9.17) is 9.47 Å². The molecule has 1 aliphatic rings. The van der Waals surface area contributed by atoms with Crippen LogP contribution in [-0.4, -0.2) is 59.6 Å². The lowest BCUT2D eigenvalue weighted by Gasteiger charge is -2.39. The Labute approximate surface area is 76.9 Å². The van der Waals surface area contributed by atoms with Crippen LogP contribution in [0.15, 0.2) is 0 Å². The van der Waals surface area contributed by atoms with E-state index < -0.39 is 30.5 Å². The van der Waals surface area contributed by atoms with E-state index in [9.17, 15) is 15.3 Å². The van der Waals surface area contributed by atoms with Crippen molar-refractivity contribution in [3.63, 3.8) is 0 Å². The van der Waals surface area contributed by atoms with Crippen molar-refractivity contribution in [2.24, 2.45) is 0 Å². The standard InChI is InChI=1S/C8H16O5/c1-4-6(9)8(11)7(10)5(13-4)3-12-2/h4-11H,3H2,1-2H3/t4-,5-,6+,7-,8-/m1/s1. The number of hydrogen-bond donors (Lipinski definition) is 3. The third-order valence-corrected chi connectivity index (χ3v) is 2.28. The van der Waals surface area contributed by atoms with Crippen LogP contribution in [-0.2, 0) is 9.47 Å². The average Bonchev–Trinajstić information content (AvgIpc) is 2.11. The fourth-order valence-electron chi connectivity index (χ4n) is 1.44. The zero-order chi connectivity index (χ0) is 10.0. The monoisotopic (exact) mass is 192 g/mol. The topological polar surface area (TPSA) is 79.2 Å². The van der Waals surface area contributed by atoms with Gasteiger partial charge in [0, 0.05) is 7.11 Å². The summed E-state index contributed by atoms with van der Waals surface area (Å²) in [5, 5.41) is 28.1. The second-order valence-corrected chi connectivity index (χ2v) is 3.31. The summed E-state index contributed by atoms with van der Waals surface area (Å²) in [5.41, 5.74) is 0. The van der Waals surface area contributed by atoms with Crippen molar-refractivity contribution in [1.29, 1.82) is 0 Å². The molecule has 3 N–H and O–H groups in total. The lowest BCUT2D eigenvalue weighted by atomic mass is 9.96. The van der Waals surface area contributed by atoms with Gasteiger partial charge in [-0.25, -0.2) is 0 Å². The van der Waals surface area contributed by atoms with Crippen LogP contribution in [0.25, 0.3) is 0 Å². The van der Waals surface area contributed by atoms with E-state index >= 15 is 0 Å². The maximum absolute atomic E-state index is 9.44. The van der Waals surface area contributed by atoms with Crippen molar-refractivity contribution < 1.29 is 24.8 Å². The highest BCUT2D eigenvalue weighted by atomic mass is 16.6. The lowest BCUT2D eigenvalue weighted by molar-refractivity contribution is -0.226. The summed E-state index contributed by atoms with van der Waals surface area (Å²) in [4.78, 5) is 0. The van der Waals surface area contributed by atoms with Gasteiger partial charge in [-0.2, -0.15) is 0 Å². The number of ether oxygens (including phenoxy) is 2. The third kappa shape index (κ3) is 2.18. The Morgan fingerprint density at radius 1 is 1.15 bits per heavy atom. The van der Waals surface area contributed by atoms with Crippen molar-refractivity contribution in [1.82, 2.24) is 0 Å². The van der Waals surface area contributed by atoms with Gasteiger partial charge in [-0.05, 0) is 6.92 Å². The molecule has 13 heavy (non-hydrogen) atoms. The van der Waals surface area contributed by atoms with Gasteiger partial charge in [0.05, 0.1) is 12.7 Å². The SMILES string of the molecule is COC[C@H]1O[C@H](C)[C@H](O)[C@@H](O)[C@@H]1O. The fourth-order valence-corrected chi connectivity index (χ4v) is 1.44. The summed E-state index contributed by atoms with van der Waals surface area (Å²) >= 11 is 0. The van der Waals surface area contributed by atoms with Crippen molar-refractivity contribution in [2.45, 2.75) is 37.4 Å². The molecule has 1 rings (SSSR count). The molecular weight excluding hydrogens is 176 g/mol. The normalized spacial score (nSPS) is 46.4. The Hall–Kier alpha value is -0.200. The highest BCUT2D eigenvalue weighted by Crippen LogP contribution is 2.20. The van der Waals surface area contributed by atoms with Crippen LogP contribution in [0.2, 0.25) is 0 Å². The summed E-state index contributed by atoms with van der Waals surface area (Å²) in [5.74, 6) is 0. The molecule has 5 atom stereocenters. The molecule has 5 nitrogen and oxygen atoms in total. The highest BCUT2D eigenvalue weighted by molar-refractivity contribution is 4.90. The lowest BCUT2D eigenvalue weighted by Crippen LogP contribution is -2.57. The van der Waals surface area contributed by atoms with Crippen LogP contribution >= 0.6 is 0 Å². The summed E-state index contributed by atoms with van der Waals surface area (Å²) in [6.45, 7) is 1.84. The molecule has 78 valence electrons. The minimum absolute atomic E-state index is 0.204. The molecular formula is C8H16O5. The van der Waals surface area contributed by atoms with Gasteiger partial charge in [0.1, 0.15) is 24.4 Å². The number of methoxy groups -OCH3 is 1. The molecule has 1 aliphatic heterocycles. The molecule has 0 bridgehead atoms. The van der Waals surface area contributed by atoms with Gasteiger partial charge in [0.2, 0.25) is 0 Å². The van der Waals surface area contributed by atoms with Gasteiger partial charge in [0.15, 0.2) is 0 Å². The van der Waals surface area contributed by atoms with Crippen LogP contribution in [0.5, 0.6) is 0 Å². The van der Waals surface area contributed by atoms with Crippen molar-refractivity contribution >= 4 is 0 Å². The van der Waals surface area contributed by atoms with Crippen molar-refractivity contribution in [2.75, 3.05) is 13.7 Å². The first-order valence-corrected chi connectivity index (χ1v) is 4.26. The molecule has 0 aromatic rings. The summed E-state index contributed by atoms with van der Waals surface area (Å²) in [6.07, 6.45) is -4.35. The smallest absolute Gasteiger partial charge is 0.111 e. The largest absolute Gasteiger partial charge is 0.388 e. The van der Waals surface area contributed by atoms with Gasteiger partial charge >= 0.3 is 0 Å². The molecule has 0 spiro atoms. The highest BCUT2D eigenvalue weighted by Gasteiger charge is 2.41. The minimum atomic E-state index is -1.16. The first-order chi connectivity index (χ1) is 6.07. The quantitative estimate of drug-likeness (QED) is 0.496. The molecule has 1 saturated heterocycles. The van der Waals surface area contributed by atoms with Gasteiger partial charge in [-0.3, -0.25) is 0 Å². The molecule has 0 saturated carbocycles. The Bertz CT molecular complexity index is 163. The molecule has 0 amide bonds. The molecule has 0 aromatic heterocycles. The van der Waals surface area contributed by atoms with Crippen LogP contribution in [0.3, 0.4) is 0 Å². The van der Waals surface area contributed by atoms with Crippen LogP contribution in [0.1, 0.15) is 6.92 Å². The van der Waals surface area contributed by atoms with E-state index in [0.717, 1.165) is 0 Å². The second kappa shape index (κ2) is 4.34. The maximum Gasteiger partial charge on any atom is 0.111 e. The van der Waals surface area contributed by atoms with E-state index in [1.54, 1.807) is 6.92 Å². The predicted octanol–water partition coefficient (Wildman–Crippen LogP) is -1.50. The van der Waals surface area contributed by atoms with E-state index in [1.807, 2.05) is 0 Å². The van der Waals surface area contributed by atoms with Gasteiger partial charge in [0.25, 0.3) is 0 Å². The van der Waals surface area contributed by atoms with Crippen molar-refractivity contribution in [3.8, 4) is 0 Å². The van der Waals surface area contributed by atoms with E-state index in [0.29, 0.717) is 0 Å². The van der Waals surface area contributed by atoms with Crippen molar-refractivity contribution in [3.05, 3.63) is 0 Å². The molecule has 5 heteroatoms. The molecule has 0 unspecified atom stereocenters. The third-order valence-electron chi connectivity index (χ3n) is 2.28. The first-order valence-electron chi connectivity index (χ1n) is 4.26. The Kier molecular flexibility index (Phi) is 3.63. The fraction of sp³-hybridized carbons (Fsp3) is 1.00. The zero-order valence-corrected chi connectivity index (χ0v) is 7.75. The zero-order valence-electron chi connectivity index (χ0n) is 7.75. The van der Waals surface area contributed by atoms with E-state index in [-0.39, 0.29) is 6.61 Å². The van der Waals surface area contributed by atoms with Crippen LogP contribution in [0.4, 0.5) is 0 Å². The van der Waals surface area contributed by atoms with Gasteiger partial charge in [-0.15, -0.1) is 0 Å².